The molecule has 2 amide bonds. The predicted molar refractivity (Wildman–Crippen MR) is 149 cm³/mol. The van der Waals surface area contributed by atoms with Crippen LogP contribution in [0, 0.1) is 52.3 Å². The largest absolute Gasteiger partial charge is 0.357 e. The first-order valence-electron chi connectivity index (χ1n) is 15.9. The van der Waals surface area contributed by atoms with E-state index in [2.05, 4.69) is 38.3 Å². The van der Waals surface area contributed by atoms with Crippen molar-refractivity contribution in [1.29, 1.82) is 0 Å². The fraction of sp³-hybridized carbons (Fsp3) is 0.938. The molecule has 6 fully saturated rings. The van der Waals surface area contributed by atoms with E-state index < -0.39 is 0 Å². The topological polar surface area (TPSA) is 70.7 Å². The number of hydrogen-bond acceptors (Lipinski definition) is 4. The second-order valence-corrected chi connectivity index (χ2v) is 15.3. The average molecular weight is 528 g/mol. The third-order valence-electron chi connectivity index (χ3n) is 13.3. The van der Waals surface area contributed by atoms with E-state index in [0.717, 1.165) is 43.1 Å². The summed E-state index contributed by atoms with van der Waals surface area (Å²) in [5, 5.41) is 7.12. The van der Waals surface area contributed by atoms with Crippen LogP contribution < -0.4 is 10.6 Å². The van der Waals surface area contributed by atoms with Crippen molar-refractivity contribution in [3.05, 3.63) is 0 Å². The predicted octanol–water partition coefficient (Wildman–Crippen LogP) is 4.97. The third kappa shape index (κ3) is 4.09. The highest BCUT2D eigenvalue weighted by Crippen LogP contribution is 2.71. The molecule has 214 valence electrons. The number of hydrogen-bond donors (Lipinski definition) is 2. The van der Waals surface area contributed by atoms with Crippen LogP contribution in [0.15, 0.2) is 0 Å². The maximum Gasteiger partial charge on any atom is 0.231 e. The molecule has 4 saturated carbocycles. The molecule has 6 nitrogen and oxygen atoms in total. The molecular formula is C32H53N3O3. The summed E-state index contributed by atoms with van der Waals surface area (Å²) in [6.45, 7) is 11.2. The Kier molecular flexibility index (Phi) is 6.74. The van der Waals surface area contributed by atoms with Gasteiger partial charge in [-0.15, -0.1) is 0 Å². The average Bonchev–Trinajstić information content (AvgIpc) is 3.31. The molecule has 0 radical (unpaired) electrons. The molecule has 4 aliphatic carbocycles. The summed E-state index contributed by atoms with van der Waals surface area (Å²) >= 11 is 0. The highest BCUT2D eigenvalue weighted by molar-refractivity contribution is 5.96. The Bertz CT molecular complexity index is 944. The number of carbonyl (C=O) groups is 2. The van der Waals surface area contributed by atoms with Gasteiger partial charge in [0.2, 0.25) is 11.8 Å². The van der Waals surface area contributed by atoms with Crippen molar-refractivity contribution in [3.8, 4) is 0 Å². The zero-order chi connectivity index (χ0) is 27.0. The van der Waals surface area contributed by atoms with Gasteiger partial charge in [-0.3, -0.25) is 14.9 Å². The molecule has 0 aromatic carbocycles. The maximum atomic E-state index is 12.5. The SMILES string of the molecule is C[C@@H]1CC[C@@]2(NC1)O[C@H]1C[C@H]3[C@@H]4CC[C@H]5C[C@@H](NC(=O)CC(=O)N(C)C)CC[C@]5(C)[C@H]4CC[C@]3(C)[C@H]1[C@@H]2C. The molecule has 2 heterocycles. The van der Waals surface area contributed by atoms with Gasteiger partial charge < -0.3 is 15.0 Å². The Morgan fingerprint density at radius 3 is 2.42 bits per heavy atom. The van der Waals surface area contributed by atoms with E-state index >= 15 is 0 Å². The maximum absolute atomic E-state index is 12.5. The summed E-state index contributed by atoms with van der Waals surface area (Å²) in [5.74, 6) is 4.94. The summed E-state index contributed by atoms with van der Waals surface area (Å²) in [4.78, 5) is 26.0. The number of nitrogens with zero attached hydrogens (tertiary/aromatic N) is 1. The molecule has 2 aliphatic heterocycles. The summed E-state index contributed by atoms with van der Waals surface area (Å²) in [6.07, 6.45) is 12.8. The van der Waals surface area contributed by atoms with Crippen LogP contribution in [-0.4, -0.2) is 55.2 Å². The monoisotopic (exact) mass is 527 g/mol. The highest BCUT2D eigenvalue weighted by Gasteiger charge is 2.68. The third-order valence-corrected chi connectivity index (χ3v) is 13.3. The normalized spacial score (nSPS) is 51.5. The molecule has 6 rings (SSSR count). The van der Waals surface area contributed by atoms with Crippen LogP contribution in [0.1, 0.15) is 98.3 Å². The van der Waals surface area contributed by atoms with E-state index in [1.54, 1.807) is 14.1 Å². The fourth-order valence-corrected chi connectivity index (χ4v) is 11.2. The van der Waals surface area contributed by atoms with Gasteiger partial charge in [0.05, 0.1) is 6.10 Å². The summed E-state index contributed by atoms with van der Waals surface area (Å²) in [5.41, 5.74) is 0.723. The van der Waals surface area contributed by atoms with Crippen molar-refractivity contribution in [1.82, 2.24) is 15.5 Å². The fourth-order valence-electron chi connectivity index (χ4n) is 11.2. The van der Waals surface area contributed by atoms with Crippen molar-refractivity contribution < 1.29 is 14.3 Å². The molecule has 6 heteroatoms. The van der Waals surface area contributed by atoms with Gasteiger partial charge in [0, 0.05) is 32.6 Å². The summed E-state index contributed by atoms with van der Waals surface area (Å²) in [6, 6.07) is 0.225. The highest BCUT2D eigenvalue weighted by atomic mass is 16.5. The van der Waals surface area contributed by atoms with E-state index in [1.807, 2.05) is 0 Å². The van der Waals surface area contributed by atoms with Crippen molar-refractivity contribution in [2.45, 2.75) is 116 Å². The van der Waals surface area contributed by atoms with Gasteiger partial charge in [-0.1, -0.05) is 27.7 Å². The molecule has 6 aliphatic rings. The molecule has 2 N–H and O–H groups in total. The molecule has 0 aromatic rings. The van der Waals surface area contributed by atoms with Gasteiger partial charge in [-0.05, 0) is 111 Å². The standard InChI is InChI=1S/C32H53N3O3/c1-19-9-14-32(33-18-19)20(2)29-26(38-32)16-25-23-8-7-21-15-22(34-27(36)17-28(37)35(5)6)10-12-30(21,3)24(23)11-13-31(25,29)4/h19-26,29,33H,7-18H2,1-6H3,(H,34,36)/t19-,20+,21+,22+,23-,24+,25+,26+,29+,30+,31+,32-/m1/s1. The van der Waals surface area contributed by atoms with Gasteiger partial charge in [0.15, 0.2) is 0 Å². The summed E-state index contributed by atoms with van der Waals surface area (Å²) in [7, 11) is 3.43. The smallest absolute Gasteiger partial charge is 0.231 e. The number of nitrogens with one attached hydrogen (secondary N) is 2. The van der Waals surface area contributed by atoms with Gasteiger partial charge >= 0.3 is 0 Å². The second kappa shape index (κ2) is 9.46. The van der Waals surface area contributed by atoms with Crippen LogP contribution >= 0.6 is 0 Å². The number of ether oxygens (including phenoxy) is 1. The lowest BCUT2D eigenvalue weighted by Gasteiger charge is -2.61. The van der Waals surface area contributed by atoms with E-state index in [4.69, 9.17) is 4.74 Å². The zero-order valence-electron chi connectivity index (χ0n) is 24.9. The zero-order valence-corrected chi connectivity index (χ0v) is 24.9. The lowest BCUT2D eigenvalue weighted by Crippen LogP contribution is -2.58. The molecule has 38 heavy (non-hydrogen) atoms. The van der Waals surface area contributed by atoms with Gasteiger partial charge in [0.1, 0.15) is 12.1 Å². The van der Waals surface area contributed by atoms with Crippen LogP contribution in [0.25, 0.3) is 0 Å². The molecule has 12 atom stereocenters. The minimum atomic E-state index is -0.117. The Labute approximate surface area is 230 Å². The van der Waals surface area contributed by atoms with Gasteiger partial charge in [0.25, 0.3) is 0 Å². The first-order valence-corrected chi connectivity index (χ1v) is 15.9. The Morgan fingerprint density at radius 2 is 1.71 bits per heavy atom. The number of rotatable bonds is 3. The number of fused-ring (bicyclic) bond motifs is 7. The second-order valence-electron chi connectivity index (χ2n) is 15.3. The lowest BCUT2D eigenvalue weighted by molar-refractivity contribution is -0.138. The molecule has 0 bridgehead atoms. The molecular weight excluding hydrogens is 474 g/mol. The van der Waals surface area contributed by atoms with E-state index in [1.165, 1.54) is 56.3 Å². The Morgan fingerprint density at radius 1 is 0.947 bits per heavy atom. The van der Waals surface area contributed by atoms with E-state index in [9.17, 15) is 9.59 Å². The lowest BCUT2D eigenvalue weighted by atomic mass is 9.44. The van der Waals surface area contributed by atoms with Crippen LogP contribution in [0.2, 0.25) is 0 Å². The van der Waals surface area contributed by atoms with Crippen LogP contribution in [0.3, 0.4) is 0 Å². The number of carbonyl (C=O) groups excluding carboxylic acids is 2. The van der Waals surface area contributed by atoms with Crippen molar-refractivity contribution in [2.75, 3.05) is 20.6 Å². The van der Waals surface area contributed by atoms with Gasteiger partial charge in [-0.25, -0.2) is 0 Å². The number of amides is 2. The minimum absolute atomic E-state index is 0.0327. The van der Waals surface area contributed by atoms with E-state index in [-0.39, 0.29) is 30.0 Å². The van der Waals surface area contributed by atoms with Crippen LogP contribution in [0.4, 0.5) is 0 Å². The molecule has 1 spiro atoms. The minimum Gasteiger partial charge on any atom is -0.357 e. The molecule has 0 unspecified atom stereocenters. The van der Waals surface area contributed by atoms with Crippen molar-refractivity contribution in [3.63, 3.8) is 0 Å². The first-order chi connectivity index (χ1) is 18.0. The Hall–Kier alpha value is -1.14. The molecule has 2 saturated heterocycles. The number of piperidine rings is 1. The molecule has 0 aromatic heterocycles. The Balaban J connectivity index is 1.12. The van der Waals surface area contributed by atoms with E-state index in [0.29, 0.717) is 34.7 Å². The van der Waals surface area contributed by atoms with Crippen LogP contribution in [-0.2, 0) is 14.3 Å². The summed E-state index contributed by atoms with van der Waals surface area (Å²) < 4.78 is 7.06. The van der Waals surface area contributed by atoms with Crippen molar-refractivity contribution >= 4 is 11.8 Å². The first kappa shape index (κ1) is 27.1. The quantitative estimate of drug-likeness (QED) is 0.509. The van der Waals surface area contributed by atoms with Crippen LogP contribution in [0.5, 0.6) is 0 Å². The van der Waals surface area contributed by atoms with Gasteiger partial charge in [-0.2, -0.15) is 0 Å². The van der Waals surface area contributed by atoms with Crippen molar-refractivity contribution in [2.24, 2.45) is 52.3 Å².